The van der Waals surface area contributed by atoms with Crippen molar-refractivity contribution in [2.75, 3.05) is 5.73 Å². The lowest BCUT2D eigenvalue weighted by molar-refractivity contribution is 0.0931. The molecule has 0 aliphatic carbocycles. The highest BCUT2D eigenvalue weighted by atomic mass is 32.1. The minimum absolute atomic E-state index is 0.0563. The molecule has 5 nitrogen and oxygen atoms in total. The van der Waals surface area contributed by atoms with Crippen LogP contribution in [0.25, 0.3) is 0 Å². The molecule has 1 unspecified atom stereocenters. The van der Waals surface area contributed by atoms with E-state index in [-0.39, 0.29) is 11.9 Å². The fourth-order valence-electron chi connectivity index (χ4n) is 2.02. The van der Waals surface area contributed by atoms with Gasteiger partial charge >= 0.3 is 0 Å². The molecule has 0 aliphatic heterocycles. The second kappa shape index (κ2) is 5.44. The van der Waals surface area contributed by atoms with E-state index in [9.17, 15) is 4.79 Å². The number of aromatic nitrogens is 2. The monoisotopic (exact) mass is 278 g/mol. The van der Waals surface area contributed by atoms with Gasteiger partial charge in [-0.15, -0.1) is 11.3 Å². The van der Waals surface area contributed by atoms with E-state index in [4.69, 9.17) is 5.73 Å². The lowest BCUT2D eigenvalue weighted by atomic mass is 10.2. The Morgan fingerprint density at radius 1 is 1.63 bits per heavy atom. The Balaban J connectivity index is 2.04. The van der Waals surface area contributed by atoms with Crippen molar-refractivity contribution in [2.24, 2.45) is 7.05 Å². The van der Waals surface area contributed by atoms with Crippen molar-refractivity contribution in [2.45, 2.75) is 26.3 Å². The lowest BCUT2D eigenvalue weighted by Gasteiger charge is -2.13. The Labute approximate surface area is 116 Å². The summed E-state index contributed by atoms with van der Waals surface area (Å²) < 4.78 is 1.53. The molecule has 1 atom stereocenters. The molecule has 2 aromatic heterocycles. The van der Waals surface area contributed by atoms with Crippen LogP contribution in [0.1, 0.15) is 28.0 Å². The first-order valence-electron chi connectivity index (χ1n) is 6.11. The molecule has 102 valence electrons. The Morgan fingerprint density at radius 3 is 2.89 bits per heavy atom. The number of thiophene rings is 1. The molecule has 0 fully saturated rings. The molecule has 0 aliphatic rings. The molecular weight excluding hydrogens is 260 g/mol. The van der Waals surface area contributed by atoms with Gasteiger partial charge in [0.1, 0.15) is 5.69 Å². The maximum atomic E-state index is 12.2. The standard InChI is InChI=1S/C13H18N4OS/c1-8(7-10-5-4-6-19-10)15-13(18)12-11(14)9(2)16-17(12)3/h4-6,8H,7,14H2,1-3H3,(H,15,18). The van der Waals surface area contributed by atoms with Crippen molar-refractivity contribution in [3.63, 3.8) is 0 Å². The van der Waals surface area contributed by atoms with Gasteiger partial charge in [0.15, 0.2) is 0 Å². The van der Waals surface area contributed by atoms with Gasteiger partial charge in [-0.3, -0.25) is 9.48 Å². The molecule has 2 aromatic rings. The molecule has 0 spiro atoms. The molecular formula is C13H18N4OS. The third-order valence-corrected chi connectivity index (χ3v) is 3.85. The van der Waals surface area contributed by atoms with Crippen LogP contribution in [-0.4, -0.2) is 21.7 Å². The van der Waals surface area contributed by atoms with Crippen LogP contribution in [0, 0.1) is 6.92 Å². The highest BCUT2D eigenvalue weighted by Crippen LogP contribution is 2.16. The van der Waals surface area contributed by atoms with Crippen molar-refractivity contribution in [1.29, 1.82) is 0 Å². The van der Waals surface area contributed by atoms with Crippen LogP contribution < -0.4 is 11.1 Å². The van der Waals surface area contributed by atoms with E-state index in [0.29, 0.717) is 17.1 Å². The minimum Gasteiger partial charge on any atom is -0.395 e. The molecule has 2 heterocycles. The van der Waals surface area contributed by atoms with Crippen molar-refractivity contribution in [3.05, 3.63) is 33.8 Å². The fourth-order valence-corrected chi connectivity index (χ4v) is 2.85. The second-order valence-corrected chi connectivity index (χ2v) is 5.66. The van der Waals surface area contributed by atoms with Gasteiger partial charge in [-0.25, -0.2) is 0 Å². The van der Waals surface area contributed by atoms with Crippen LogP contribution in [0.15, 0.2) is 17.5 Å². The average molecular weight is 278 g/mol. The fraction of sp³-hybridized carbons (Fsp3) is 0.385. The average Bonchev–Trinajstić information content (AvgIpc) is 2.88. The van der Waals surface area contributed by atoms with Gasteiger partial charge < -0.3 is 11.1 Å². The van der Waals surface area contributed by atoms with Gasteiger partial charge in [-0.05, 0) is 25.3 Å². The quantitative estimate of drug-likeness (QED) is 0.894. The van der Waals surface area contributed by atoms with Crippen molar-refractivity contribution >= 4 is 22.9 Å². The van der Waals surface area contributed by atoms with Crippen LogP contribution in [0.4, 0.5) is 5.69 Å². The van der Waals surface area contributed by atoms with E-state index in [1.165, 1.54) is 9.56 Å². The predicted molar refractivity (Wildman–Crippen MR) is 77.3 cm³/mol. The Morgan fingerprint density at radius 2 is 2.37 bits per heavy atom. The van der Waals surface area contributed by atoms with E-state index >= 15 is 0 Å². The number of anilines is 1. The number of hydrogen-bond donors (Lipinski definition) is 2. The van der Waals surface area contributed by atoms with Crippen molar-refractivity contribution in [3.8, 4) is 0 Å². The van der Waals surface area contributed by atoms with Crippen LogP contribution >= 0.6 is 11.3 Å². The first kappa shape index (κ1) is 13.6. The predicted octanol–water partition coefficient (Wildman–Crippen LogP) is 1.73. The minimum atomic E-state index is -0.176. The maximum absolute atomic E-state index is 12.2. The summed E-state index contributed by atoms with van der Waals surface area (Å²) in [4.78, 5) is 13.4. The number of amides is 1. The molecule has 0 saturated carbocycles. The number of nitrogen functional groups attached to an aromatic ring is 1. The zero-order chi connectivity index (χ0) is 14.0. The topological polar surface area (TPSA) is 72.9 Å². The number of carbonyl (C=O) groups is 1. The lowest BCUT2D eigenvalue weighted by Crippen LogP contribution is -2.35. The van der Waals surface area contributed by atoms with Crippen LogP contribution in [0.2, 0.25) is 0 Å². The second-order valence-electron chi connectivity index (χ2n) is 4.63. The van der Waals surface area contributed by atoms with E-state index in [2.05, 4.69) is 16.5 Å². The number of aryl methyl sites for hydroxylation is 2. The summed E-state index contributed by atoms with van der Waals surface area (Å²) in [5.74, 6) is -0.176. The SMILES string of the molecule is Cc1nn(C)c(C(=O)NC(C)Cc2cccs2)c1N. The van der Waals surface area contributed by atoms with Gasteiger partial charge in [-0.2, -0.15) is 5.10 Å². The smallest absolute Gasteiger partial charge is 0.271 e. The van der Waals surface area contributed by atoms with Gasteiger partial charge in [-0.1, -0.05) is 6.07 Å². The van der Waals surface area contributed by atoms with E-state index in [1.807, 2.05) is 18.4 Å². The van der Waals surface area contributed by atoms with E-state index in [1.54, 1.807) is 25.3 Å². The summed E-state index contributed by atoms with van der Waals surface area (Å²) in [6.07, 6.45) is 0.820. The molecule has 0 radical (unpaired) electrons. The molecule has 3 N–H and O–H groups in total. The molecule has 0 bridgehead atoms. The molecule has 19 heavy (non-hydrogen) atoms. The number of nitrogens with two attached hydrogens (primary N) is 1. The zero-order valence-corrected chi connectivity index (χ0v) is 12.1. The van der Waals surface area contributed by atoms with Crippen LogP contribution in [-0.2, 0) is 13.5 Å². The van der Waals surface area contributed by atoms with Gasteiger partial charge in [0.2, 0.25) is 0 Å². The third-order valence-electron chi connectivity index (χ3n) is 2.95. The summed E-state index contributed by atoms with van der Waals surface area (Å²) in [5, 5.41) is 9.14. The van der Waals surface area contributed by atoms with Gasteiger partial charge in [0.05, 0.1) is 11.4 Å². The Hall–Kier alpha value is -1.82. The summed E-state index contributed by atoms with van der Waals surface area (Å²) in [6, 6.07) is 4.13. The van der Waals surface area contributed by atoms with Crippen molar-refractivity contribution in [1.82, 2.24) is 15.1 Å². The van der Waals surface area contributed by atoms with Gasteiger partial charge in [0.25, 0.3) is 5.91 Å². The Kier molecular flexibility index (Phi) is 3.90. The number of hydrogen-bond acceptors (Lipinski definition) is 4. The molecule has 6 heteroatoms. The molecule has 0 aromatic carbocycles. The Bertz CT molecular complexity index is 574. The normalized spacial score (nSPS) is 12.4. The van der Waals surface area contributed by atoms with Crippen LogP contribution in [0.3, 0.4) is 0 Å². The summed E-state index contributed by atoms with van der Waals surface area (Å²) in [5.41, 5.74) is 7.43. The van der Waals surface area contributed by atoms with Crippen LogP contribution in [0.5, 0.6) is 0 Å². The molecule has 2 rings (SSSR count). The molecule has 1 amide bonds. The van der Waals surface area contributed by atoms with Gasteiger partial charge in [0, 0.05) is 24.4 Å². The third kappa shape index (κ3) is 2.96. The maximum Gasteiger partial charge on any atom is 0.271 e. The number of nitrogens with one attached hydrogen (secondary N) is 1. The van der Waals surface area contributed by atoms with E-state index in [0.717, 1.165) is 6.42 Å². The zero-order valence-electron chi connectivity index (χ0n) is 11.3. The summed E-state index contributed by atoms with van der Waals surface area (Å²) in [6.45, 7) is 3.78. The highest BCUT2D eigenvalue weighted by molar-refractivity contribution is 7.09. The highest BCUT2D eigenvalue weighted by Gasteiger charge is 2.19. The first-order valence-corrected chi connectivity index (χ1v) is 6.99. The summed E-state index contributed by atoms with van der Waals surface area (Å²) in [7, 11) is 1.72. The number of rotatable bonds is 4. The molecule has 0 saturated heterocycles. The summed E-state index contributed by atoms with van der Waals surface area (Å²) >= 11 is 1.69. The number of nitrogens with zero attached hydrogens (tertiary/aromatic N) is 2. The van der Waals surface area contributed by atoms with E-state index < -0.39 is 0 Å². The largest absolute Gasteiger partial charge is 0.395 e. The number of carbonyl (C=O) groups excluding carboxylic acids is 1. The first-order chi connectivity index (χ1) is 8.99. The van der Waals surface area contributed by atoms with Crippen molar-refractivity contribution < 1.29 is 4.79 Å².